The lowest BCUT2D eigenvalue weighted by Crippen LogP contribution is -2.42. The second kappa shape index (κ2) is 7.36. The van der Waals surface area contributed by atoms with E-state index in [0.29, 0.717) is 12.2 Å². The standard InChI is InChI=1S/C17H23NO4S/c1-2-13(12-6-4-3-5-7-12)17(22)10-14(16(20)21)18(11-17)15(19)8-9-23/h3-7,13-14,22-23H,2,8-11H2,1H3,(H,20,21)/t13?,14-,17?/m0/s1. The molecule has 3 atom stereocenters. The maximum absolute atomic E-state index is 12.2. The molecule has 126 valence electrons. The zero-order valence-corrected chi connectivity index (χ0v) is 14.1. The van der Waals surface area contributed by atoms with Crippen LogP contribution in [0.25, 0.3) is 0 Å². The van der Waals surface area contributed by atoms with Gasteiger partial charge in [0.2, 0.25) is 5.91 Å². The van der Waals surface area contributed by atoms with Crippen molar-refractivity contribution in [1.82, 2.24) is 4.90 Å². The van der Waals surface area contributed by atoms with Crippen molar-refractivity contribution in [1.29, 1.82) is 0 Å². The number of hydrogen-bond donors (Lipinski definition) is 3. The van der Waals surface area contributed by atoms with Gasteiger partial charge in [-0.2, -0.15) is 12.6 Å². The number of rotatable bonds is 6. The molecule has 6 heteroatoms. The quantitative estimate of drug-likeness (QED) is 0.693. The third-order valence-electron chi connectivity index (χ3n) is 4.56. The van der Waals surface area contributed by atoms with Gasteiger partial charge in [-0.05, 0) is 17.7 Å². The fourth-order valence-electron chi connectivity index (χ4n) is 3.50. The molecule has 1 fully saturated rings. The molecule has 1 aromatic carbocycles. The van der Waals surface area contributed by atoms with Crippen LogP contribution in [0.1, 0.15) is 37.7 Å². The molecule has 0 spiro atoms. The predicted octanol–water partition coefficient (Wildman–Crippen LogP) is 1.92. The molecular weight excluding hydrogens is 314 g/mol. The topological polar surface area (TPSA) is 77.8 Å². The fourth-order valence-corrected chi connectivity index (χ4v) is 3.69. The summed E-state index contributed by atoms with van der Waals surface area (Å²) < 4.78 is 0. The van der Waals surface area contributed by atoms with Crippen LogP contribution in [-0.2, 0) is 9.59 Å². The van der Waals surface area contributed by atoms with Crippen molar-refractivity contribution in [2.75, 3.05) is 12.3 Å². The zero-order chi connectivity index (χ0) is 17.0. The highest BCUT2D eigenvalue weighted by Gasteiger charge is 2.51. The SMILES string of the molecule is CCC(c1ccccc1)C1(O)C[C@@H](C(=O)O)N(C(=O)CCS)C1. The van der Waals surface area contributed by atoms with Crippen molar-refractivity contribution in [3.63, 3.8) is 0 Å². The average molecular weight is 337 g/mol. The highest BCUT2D eigenvalue weighted by molar-refractivity contribution is 7.80. The number of likely N-dealkylation sites (tertiary alicyclic amines) is 1. The number of benzene rings is 1. The number of thiol groups is 1. The number of aliphatic hydroxyl groups is 1. The summed E-state index contributed by atoms with van der Waals surface area (Å²) in [6.45, 7) is 2.01. The molecule has 0 saturated carbocycles. The van der Waals surface area contributed by atoms with Crippen LogP contribution < -0.4 is 0 Å². The van der Waals surface area contributed by atoms with E-state index in [4.69, 9.17) is 0 Å². The molecule has 1 heterocycles. The Labute approximate surface area is 141 Å². The van der Waals surface area contributed by atoms with Gasteiger partial charge in [0.25, 0.3) is 0 Å². The predicted molar refractivity (Wildman–Crippen MR) is 90.6 cm³/mol. The van der Waals surface area contributed by atoms with E-state index in [1.54, 1.807) is 0 Å². The number of β-amino-alcohol motifs (C(OH)–C–C–N with tert-alkyl or cyclic N) is 1. The first-order valence-electron chi connectivity index (χ1n) is 7.83. The third-order valence-corrected chi connectivity index (χ3v) is 4.78. The summed E-state index contributed by atoms with van der Waals surface area (Å²) >= 11 is 4.04. The second-order valence-electron chi connectivity index (χ2n) is 6.03. The molecule has 1 saturated heterocycles. The van der Waals surface area contributed by atoms with Crippen LogP contribution in [0.15, 0.2) is 30.3 Å². The lowest BCUT2D eigenvalue weighted by molar-refractivity contribution is -0.148. The van der Waals surface area contributed by atoms with Gasteiger partial charge < -0.3 is 15.1 Å². The van der Waals surface area contributed by atoms with Gasteiger partial charge >= 0.3 is 5.97 Å². The minimum Gasteiger partial charge on any atom is -0.480 e. The van der Waals surface area contributed by atoms with E-state index in [0.717, 1.165) is 5.56 Å². The van der Waals surface area contributed by atoms with Gasteiger partial charge in [-0.1, -0.05) is 37.3 Å². The van der Waals surface area contributed by atoms with Crippen molar-refractivity contribution in [3.05, 3.63) is 35.9 Å². The fraction of sp³-hybridized carbons (Fsp3) is 0.529. The summed E-state index contributed by atoms with van der Waals surface area (Å²) in [5, 5.41) is 20.6. The minimum atomic E-state index is -1.23. The summed E-state index contributed by atoms with van der Waals surface area (Å²) in [6, 6.07) is 8.58. The maximum Gasteiger partial charge on any atom is 0.326 e. The van der Waals surface area contributed by atoms with Gasteiger partial charge in [-0.3, -0.25) is 4.79 Å². The van der Waals surface area contributed by atoms with Crippen LogP contribution >= 0.6 is 12.6 Å². The molecular formula is C17H23NO4S. The smallest absolute Gasteiger partial charge is 0.326 e. The van der Waals surface area contributed by atoms with E-state index in [-0.39, 0.29) is 31.2 Å². The molecule has 1 aromatic rings. The molecule has 0 radical (unpaired) electrons. The van der Waals surface area contributed by atoms with Crippen LogP contribution in [0.2, 0.25) is 0 Å². The number of hydrogen-bond acceptors (Lipinski definition) is 4. The van der Waals surface area contributed by atoms with Gasteiger partial charge in [0.05, 0.1) is 12.1 Å². The van der Waals surface area contributed by atoms with E-state index in [1.165, 1.54) is 4.90 Å². The Morgan fingerprint density at radius 3 is 2.57 bits per heavy atom. The average Bonchev–Trinajstić information content (AvgIpc) is 2.88. The summed E-state index contributed by atoms with van der Waals surface area (Å²) in [7, 11) is 0. The van der Waals surface area contributed by atoms with Gasteiger partial charge in [0, 0.05) is 18.8 Å². The van der Waals surface area contributed by atoms with Crippen LogP contribution in [0, 0.1) is 0 Å². The normalized spacial score (nSPS) is 25.3. The first-order valence-corrected chi connectivity index (χ1v) is 8.46. The molecule has 0 aromatic heterocycles. The molecule has 2 rings (SSSR count). The molecule has 0 bridgehead atoms. The first-order chi connectivity index (χ1) is 10.9. The lowest BCUT2D eigenvalue weighted by Gasteiger charge is -2.32. The van der Waals surface area contributed by atoms with Gasteiger partial charge in [0.15, 0.2) is 0 Å². The Morgan fingerprint density at radius 2 is 2.04 bits per heavy atom. The first kappa shape index (κ1) is 17.8. The minimum absolute atomic E-state index is 0.0456. The summed E-state index contributed by atoms with van der Waals surface area (Å²) in [6.07, 6.45) is 0.889. The van der Waals surface area contributed by atoms with E-state index in [1.807, 2.05) is 37.3 Å². The molecule has 0 aliphatic carbocycles. The lowest BCUT2D eigenvalue weighted by atomic mass is 9.79. The Bertz CT molecular complexity index is 565. The van der Waals surface area contributed by atoms with Crippen molar-refractivity contribution >= 4 is 24.5 Å². The Balaban J connectivity index is 2.30. The van der Waals surface area contributed by atoms with Crippen LogP contribution in [0.5, 0.6) is 0 Å². The van der Waals surface area contributed by atoms with Crippen LogP contribution in [-0.4, -0.2) is 50.9 Å². The molecule has 23 heavy (non-hydrogen) atoms. The van der Waals surface area contributed by atoms with Gasteiger partial charge in [-0.15, -0.1) is 0 Å². The highest BCUT2D eigenvalue weighted by atomic mass is 32.1. The van der Waals surface area contributed by atoms with Crippen molar-refractivity contribution < 1.29 is 19.8 Å². The number of carbonyl (C=O) groups is 2. The zero-order valence-electron chi connectivity index (χ0n) is 13.2. The molecule has 5 nitrogen and oxygen atoms in total. The molecule has 1 aliphatic rings. The summed E-state index contributed by atoms with van der Waals surface area (Å²) in [4.78, 5) is 25.0. The van der Waals surface area contributed by atoms with Crippen molar-refractivity contribution in [3.8, 4) is 0 Å². The number of nitrogens with zero attached hydrogens (tertiary/aromatic N) is 1. The maximum atomic E-state index is 12.2. The number of aliphatic carboxylic acids is 1. The molecule has 2 unspecified atom stereocenters. The Kier molecular flexibility index (Phi) is 5.70. The number of carbonyl (C=O) groups excluding carboxylic acids is 1. The second-order valence-corrected chi connectivity index (χ2v) is 6.48. The Hall–Kier alpha value is -1.53. The van der Waals surface area contributed by atoms with E-state index >= 15 is 0 Å². The largest absolute Gasteiger partial charge is 0.480 e. The third kappa shape index (κ3) is 3.70. The highest BCUT2D eigenvalue weighted by Crippen LogP contribution is 2.41. The Morgan fingerprint density at radius 1 is 1.39 bits per heavy atom. The summed E-state index contributed by atoms with van der Waals surface area (Å²) in [5.41, 5.74) is -0.268. The number of carboxylic acid groups (broad SMARTS) is 1. The van der Waals surface area contributed by atoms with Crippen LogP contribution in [0.3, 0.4) is 0 Å². The van der Waals surface area contributed by atoms with E-state index in [9.17, 15) is 19.8 Å². The molecule has 1 aliphatic heterocycles. The van der Waals surface area contributed by atoms with E-state index < -0.39 is 17.6 Å². The number of amides is 1. The number of carboxylic acids is 1. The van der Waals surface area contributed by atoms with Gasteiger partial charge in [0.1, 0.15) is 6.04 Å². The summed E-state index contributed by atoms with van der Waals surface area (Å²) in [5.74, 6) is -1.20. The van der Waals surface area contributed by atoms with E-state index in [2.05, 4.69) is 12.6 Å². The van der Waals surface area contributed by atoms with Crippen molar-refractivity contribution in [2.45, 2.75) is 43.7 Å². The molecule has 1 amide bonds. The van der Waals surface area contributed by atoms with Crippen molar-refractivity contribution in [2.24, 2.45) is 0 Å². The monoisotopic (exact) mass is 337 g/mol. The molecule has 2 N–H and O–H groups in total. The van der Waals surface area contributed by atoms with Gasteiger partial charge in [-0.25, -0.2) is 4.79 Å². The van der Waals surface area contributed by atoms with Crippen LogP contribution in [0.4, 0.5) is 0 Å².